The van der Waals surface area contributed by atoms with Crippen molar-refractivity contribution in [3.8, 4) is 90.5 Å². The predicted octanol–water partition coefficient (Wildman–Crippen LogP) is 20.8. The standard InChI is InChI=1S/C26H28N3O.2C23H22N2.C20H26N3.C19H20N2/c1-17(2)28-15-16-29(19(28)4)24-12-8-10-22(27(24)5)25-18(3)13-14-21-20-9-6-7-11-23(20)30-26(21)25;1-17-9-4-6-11-19(17)21-13-8-14-22(25(21)3)23-20-12-7-5-10-18(20)15-16-24(23)2;1-17-14-15-18-9-4-5-10-19(18)23(17)22-13-8-12-21(25(22)3)20-11-6-7-16-24(20)2;1-15(2)22-13-14-23(17(22)4)20-12-8-11-19(21(20)5)18-10-7-6-9-16(18)3;1-15-9-4-5-10-16(15)17-12-8-13-19(21(17)3)18-11-6-7-14-20(18)2/h6-17,19H,1-5H3;2*4-16H,1-3H3;6-15,17H,1-5H3;4-14H,1-3H3/q+1;2*+2;+1;+2. The Labute approximate surface area is 733 Å². The van der Waals surface area contributed by atoms with Gasteiger partial charge in [0.25, 0.3) is 45.8 Å². The highest BCUT2D eigenvalue weighted by Crippen LogP contribution is 2.39. The third-order valence-electron chi connectivity index (χ3n) is 24.9. The van der Waals surface area contributed by atoms with Gasteiger partial charge in [-0.3, -0.25) is 0 Å². The Kier molecular flexibility index (Phi) is 25.4. The van der Waals surface area contributed by atoms with Crippen LogP contribution < -0.4 is 46.3 Å². The molecule has 0 radical (unpaired) electrons. The largest absolute Gasteiger partial charge is 0.455 e. The molecule has 2 unspecified atom stereocenters. The van der Waals surface area contributed by atoms with Crippen molar-refractivity contribution in [1.82, 2.24) is 9.80 Å². The molecule has 0 N–H and O–H groups in total. The summed E-state index contributed by atoms with van der Waals surface area (Å²) in [5.74, 6) is 2.37. The van der Waals surface area contributed by atoms with Crippen molar-refractivity contribution in [1.29, 1.82) is 0 Å². The molecule has 0 amide bonds. The first-order valence-corrected chi connectivity index (χ1v) is 43.3. The van der Waals surface area contributed by atoms with Crippen molar-refractivity contribution < 1.29 is 41.0 Å². The third kappa shape index (κ3) is 17.1. The molecule has 620 valence electrons. The van der Waals surface area contributed by atoms with Crippen molar-refractivity contribution in [2.45, 2.75) is 101 Å². The van der Waals surface area contributed by atoms with E-state index in [1.54, 1.807) is 0 Å². The molecule has 17 aromatic rings. The molecule has 13 heteroatoms. The van der Waals surface area contributed by atoms with Gasteiger partial charge in [-0.1, -0.05) is 146 Å². The lowest BCUT2D eigenvalue weighted by Gasteiger charge is -2.28. The number of anilines is 2. The van der Waals surface area contributed by atoms with Crippen molar-refractivity contribution in [3.05, 3.63) is 375 Å². The summed E-state index contributed by atoms with van der Waals surface area (Å²) < 4.78 is 24.3. The first kappa shape index (κ1) is 85.0. The van der Waals surface area contributed by atoms with E-state index in [9.17, 15) is 0 Å². The molecule has 0 bridgehead atoms. The Morgan fingerprint density at radius 1 is 0.266 bits per heavy atom. The molecule has 8 aromatic carbocycles. The van der Waals surface area contributed by atoms with E-state index < -0.39 is 0 Å². The van der Waals surface area contributed by atoms with Crippen LogP contribution in [0.4, 0.5) is 11.6 Å². The number of rotatable bonds is 12. The number of aryl methyl sites for hydroxylation is 8. The van der Waals surface area contributed by atoms with Gasteiger partial charge in [-0.2, -0.15) is 27.4 Å². The van der Waals surface area contributed by atoms with Gasteiger partial charge in [-0.05, 0) is 199 Å². The van der Waals surface area contributed by atoms with Crippen LogP contribution in [0.15, 0.2) is 351 Å². The zero-order chi connectivity index (χ0) is 87.1. The number of hydrogen-bond donors (Lipinski definition) is 0. The molecule has 2 aliphatic heterocycles. The summed E-state index contributed by atoms with van der Waals surface area (Å²) >= 11 is 0. The van der Waals surface area contributed by atoms with E-state index in [0.717, 1.165) is 39.0 Å². The second-order valence-electron chi connectivity index (χ2n) is 33.4. The monoisotopic (exact) mass is 1630 g/mol. The van der Waals surface area contributed by atoms with E-state index in [-0.39, 0.29) is 6.17 Å². The molecule has 11 heterocycles. The van der Waals surface area contributed by atoms with Crippen LogP contribution in [0.1, 0.15) is 69.4 Å². The SMILES string of the molecule is Cc1ccc2c(oc3ccccc32)c1-c1cccc(N2C=CN(C(C)C)C2C)[n+]1C.Cc1ccc2ccccc2c1-c1cccc(-c2cccc[n+]2C)[n+]1C.Cc1ccccc1-c1cccc(-c2c3ccccc3cc[n+]2C)[n+]1C.Cc1ccccc1-c1cccc(-c2cccc[n+]2C)[n+]1C.Cc1ccccc1-c1cccc(N2C=CN(C(C)C)C2C)[n+]1C. The maximum atomic E-state index is 6.36. The highest BCUT2D eigenvalue weighted by atomic mass is 16.3. The Bertz CT molecular complexity index is 6610. The minimum absolute atomic E-state index is 0.273. The van der Waals surface area contributed by atoms with E-state index in [1.165, 1.54) is 134 Å². The van der Waals surface area contributed by atoms with Crippen LogP contribution in [0.25, 0.3) is 134 Å². The average molecular weight is 1640 g/mol. The van der Waals surface area contributed by atoms with Crippen LogP contribution in [0.3, 0.4) is 0 Å². The molecule has 2 aliphatic rings. The predicted molar refractivity (Wildman–Crippen MR) is 507 cm³/mol. The van der Waals surface area contributed by atoms with Gasteiger partial charge in [0.15, 0.2) is 30.9 Å². The first-order chi connectivity index (χ1) is 60.0. The van der Waals surface area contributed by atoms with Gasteiger partial charge < -0.3 is 14.2 Å². The van der Waals surface area contributed by atoms with Crippen molar-refractivity contribution in [2.75, 3.05) is 9.80 Å². The maximum Gasteiger partial charge on any atom is 0.285 e. The Hall–Kier alpha value is -14.0. The molecule has 13 nitrogen and oxygen atoms in total. The number of nitrogens with zero attached hydrogens (tertiary/aromatic N) is 12. The zero-order valence-electron chi connectivity index (χ0n) is 75.5. The van der Waals surface area contributed by atoms with E-state index in [4.69, 9.17) is 4.42 Å². The molecule has 9 aromatic heterocycles. The lowest BCUT2D eigenvalue weighted by atomic mass is 9.96. The molecule has 2 atom stereocenters. The summed E-state index contributed by atoms with van der Waals surface area (Å²) in [4.78, 5) is 9.41. The fourth-order valence-corrected chi connectivity index (χ4v) is 18.0. The Balaban J connectivity index is 0.000000121. The molecule has 124 heavy (non-hydrogen) atoms. The summed E-state index contributed by atoms with van der Waals surface area (Å²) in [7, 11) is 17.0. The van der Waals surface area contributed by atoms with Crippen molar-refractivity contribution in [3.63, 3.8) is 0 Å². The summed E-state index contributed by atoms with van der Waals surface area (Å²) in [5.41, 5.74) is 27.9. The first-order valence-electron chi connectivity index (χ1n) is 43.3. The van der Waals surface area contributed by atoms with Gasteiger partial charge in [-0.25, -0.2) is 18.9 Å². The van der Waals surface area contributed by atoms with Crippen LogP contribution in [-0.2, 0) is 56.4 Å². The smallest absolute Gasteiger partial charge is 0.285 e. The van der Waals surface area contributed by atoms with E-state index in [0.29, 0.717) is 18.2 Å². The van der Waals surface area contributed by atoms with Crippen LogP contribution in [0.2, 0.25) is 0 Å². The van der Waals surface area contributed by atoms with Gasteiger partial charge >= 0.3 is 0 Å². The highest BCUT2D eigenvalue weighted by molar-refractivity contribution is 6.10. The minimum atomic E-state index is 0.273. The topological polar surface area (TPSA) is 57.1 Å². The number of benzene rings is 8. The Morgan fingerprint density at radius 2 is 0.637 bits per heavy atom. The van der Waals surface area contributed by atoms with Gasteiger partial charge in [0.2, 0.25) is 17.1 Å². The van der Waals surface area contributed by atoms with E-state index in [1.807, 2.05) is 12.1 Å². The summed E-state index contributed by atoms with van der Waals surface area (Å²) in [6, 6.07) is 108. The molecule has 0 aliphatic carbocycles. The summed E-state index contributed by atoms with van der Waals surface area (Å²) in [6.07, 6.45) is 15.6. The second-order valence-corrected chi connectivity index (χ2v) is 33.4. The number of furan rings is 1. The summed E-state index contributed by atoms with van der Waals surface area (Å²) in [5, 5.41) is 7.43. The zero-order valence-corrected chi connectivity index (χ0v) is 75.5. The Morgan fingerprint density at radius 3 is 1.14 bits per heavy atom. The van der Waals surface area contributed by atoms with E-state index in [2.05, 4.69) is 523 Å². The average Bonchev–Trinajstić information content (AvgIpc) is 1.68. The second kappa shape index (κ2) is 37.1. The quantitative estimate of drug-likeness (QED) is 0.114. The highest BCUT2D eigenvalue weighted by Gasteiger charge is 2.36. The van der Waals surface area contributed by atoms with Crippen LogP contribution in [0.5, 0.6) is 0 Å². The normalized spacial score (nSPS) is 13.5. The minimum Gasteiger partial charge on any atom is -0.455 e. The molecule has 19 rings (SSSR count). The number of fused-ring (bicyclic) bond motifs is 5. The number of hydrogen-bond acceptors (Lipinski definition) is 5. The summed E-state index contributed by atoms with van der Waals surface area (Å²) in [6.45, 7) is 24.3. The lowest BCUT2D eigenvalue weighted by molar-refractivity contribution is -0.685. The van der Waals surface area contributed by atoms with Gasteiger partial charge in [-0.15, -0.1) is 0 Å². The molecule has 0 saturated heterocycles. The lowest BCUT2D eigenvalue weighted by Crippen LogP contribution is -2.45. The third-order valence-corrected chi connectivity index (χ3v) is 24.9. The number of pyridine rings is 8. The molecular weight excluding hydrogens is 1520 g/mol. The molecule has 0 spiro atoms. The van der Waals surface area contributed by atoms with Gasteiger partial charge in [0.1, 0.15) is 77.2 Å². The fraction of sp³-hybridized carbons (Fsp3) is 0.207. The van der Waals surface area contributed by atoms with Crippen LogP contribution >= 0.6 is 0 Å². The molecular formula is C111H118N12O+8. The van der Waals surface area contributed by atoms with E-state index >= 15 is 0 Å². The van der Waals surface area contributed by atoms with Gasteiger partial charge in [0, 0.05) is 131 Å². The van der Waals surface area contributed by atoms with Crippen LogP contribution in [0, 0.1) is 34.6 Å². The number of aromatic nitrogens is 8. The fourth-order valence-electron chi connectivity index (χ4n) is 18.0. The molecule has 0 saturated carbocycles. The molecule has 0 fully saturated rings. The number of para-hydroxylation sites is 1. The van der Waals surface area contributed by atoms with Crippen LogP contribution in [-0.4, -0.2) is 34.2 Å². The maximum absolute atomic E-state index is 6.36. The van der Waals surface area contributed by atoms with Crippen molar-refractivity contribution in [2.24, 2.45) is 56.4 Å². The van der Waals surface area contributed by atoms with Crippen molar-refractivity contribution >= 4 is 55.1 Å². The van der Waals surface area contributed by atoms with Gasteiger partial charge in [0.05, 0.1) is 30.6 Å².